The summed E-state index contributed by atoms with van der Waals surface area (Å²) in [7, 11) is 1.60. The van der Waals surface area contributed by atoms with Crippen molar-refractivity contribution in [3.05, 3.63) is 89.5 Å². The lowest BCUT2D eigenvalue weighted by Crippen LogP contribution is -2.01. The van der Waals surface area contributed by atoms with Crippen molar-refractivity contribution in [1.29, 1.82) is 0 Å². The molecule has 0 aliphatic heterocycles. The average molecular weight is 409 g/mol. The Balaban J connectivity index is 0.00000129. The topological polar surface area (TPSA) is 35.5 Å². The van der Waals surface area contributed by atoms with Crippen LogP contribution in [0, 0.1) is 6.92 Å². The molecule has 0 atom stereocenters. The molecule has 3 aromatic carbocycles. The molecule has 162 valence electrons. The van der Waals surface area contributed by atoms with Crippen molar-refractivity contribution in [2.24, 2.45) is 0 Å². The molecule has 0 heterocycles. The minimum absolute atomic E-state index is 0.00107. The van der Waals surface area contributed by atoms with Gasteiger partial charge in [-0.05, 0) is 43.3 Å². The number of hydrogen-bond donors (Lipinski definition) is 0. The zero-order valence-electron chi connectivity index (χ0n) is 19.7. The van der Waals surface area contributed by atoms with E-state index in [0.29, 0.717) is 28.4 Å². The van der Waals surface area contributed by atoms with E-state index in [1.54, 1.807) is 31.4 Å². The van der Waals surface area contributed by atoms with Crippen LogP contribution in [0.4, 0.5) is 0 Å². The standard InChI is InChI=1S/C21H18O3.3C2H6/c1-15-7-9-16(10-8-15)21(22)17-11-13-18(14-12-17)24-20-6-4-3-5-19(20)23-2;3*1-2/h3-14H,1-2H3;3*1-2H3. The third kappa shape index (κ3) is 8.12. The molecule has 3 heteroatoms. The fourth-order valence-corrected chi connectivity index (χ4v) is 2.38. The fourth-order valence-electron chi connectivity index (χ4n) is 2.38. The highest BCUT2D eigenvalue weighted by Gasteiger charge is 2.10. The van der Waals surface area contributed by atoms with Gasteiger partial charge in [-0.25, -0.2) is 0 Å². The third-order valence-corrected chi connectivity index (χ3v) is 3.73. The molecular weight excluding hydrogens is 372 g/mol. The molecule has 3 aromatic rings. The fraction of sp³-hybridized carbons (Fsp3) is 0.296. The lowest BCUT2D eigenvalue weighted by molar-refractivity contribution is 0.103. The average Bonchev–Trinajstić information content (AvgIpc) is 2.84. The number of ether oxygens (including phenoxy) is 2. The number of benzene rings is 3. The van der Waals surface area contributed by atoms with Gasteiger partial charge in [0.1, 0.15) is 5.75 Å². The summed E-state index contributed by atoms with van der Waals surface area (Å²) in [6.45, 7) is 14.0. The molecule has 0 unspecified atom stereocenters. The molecular formula is C27H36O3. The van der Waals surface area contributed by atoms with Crippen molar-refractivity contribution < 1.29 is 14.3 Å². The van der Waals surface area contributed by atoms with E-state index in [2.05, 4.69) is 0 Å². The zero-order valence-corrected chi connectivity index (χ0v) is 19.7. The lowest BCUT2D eigenvalue weighted by Gasteiger charge is -2.10. The summed E-state index contributed by atoms with van der Waals surface area (Å²) in [4.78, 5) is 12.5. The minimum Gasteiger partial charge on any atom is -0.493 e. The van der Waals surface area contributed by atoms with E-state index in [-0.39, 0.29) is 5.78 Å². The van der Waals surface area contributed by atoms with Crippen LogP contribution in [0.2, 0.25) is 0 Å². The van der Waals surface area contributed by atoms with Gasteiger partial charge < -0.3 is 9.47 Å². The number of carbonyl (C=O) groups is 1. The minimum atomic E-state index is -0.00107. The SMILES string of the molecule is CC.CC.CC.COc1ccccc1Oc1ccc(C(=O)c2ccc(C)cc2)cc1. The van der Waals surface area contributed by atoms with Gasteiger partial charge in [0.25, 0.3) is 0 Å². The Morgan fingerprint density at radius 2 is 1.07 bits per heavy atom. The van der Waals surface area contributed by atoms with Crippen LogP contribution in [0.1, 0.15) is 63.0 Å². The molecule has 0 aliphatic rings. The maximum Gasteiger partial charge on any atom is 0.193 e. The number of carbonyl (C=O) groups excluding carboxylic acids is 1. The molecule has 0 aliphatic carbocycles. The van der Waals surface area contributed by atoms with Crippen LogP contribution in [-0.2, 0) is 0 Å². The Kier molecular flexibility index (Phi) is 14.2. The highest BCUT2D eigenvalue weighted by atomic mass is 16.5. The Morgan fingerprint density at radius 3 is 1.53 bits per heavy atom. The molecule has 0 bridgehead atoms. The Hall–Kier alpha value is -3.07. The first kappa shape index (κ1) is 26.9. The van der Waals surface area contributed by atoms with Crippen LogP contribution < -0.4 is 9.47 Å². The molecule has 0 radical (unpaired) electrons. The van der Waals surface area contributed by atoms with Crippen molar-refractivity contribution in [3.8, 4) is 17.2 Å². The van der Waals surface area contributed by atoms with Crippen LogP contribution in [0.25, 0.3) is 0 Å². The molecule has 0 saturated carbocycles. The van der Waals surface area contributed by atoms with Gasteiger partial charge >= 0.3 is 0 Å². The van der Waals surface area contributed by atoms with Crippen LogP contribution >= 0.6 is 0 Å². The molecule has 3 rings (SSSR count). The van der Waals surface area contributed by atoms with Gasteiger partial charge in [-0.15, -0.1) is 0 Å². The van der Waals surface area contributed by atoms with Gasteiger partial charge in [0.2, 0.25) is 0 Å². The molecule has 0 N–H and O–H groups in total. The van der Waals surface area contributed by atoms with Crippen LogP contribution in [0.15, 0.2) is 72.8 Å². The number of hydrogen-bond acceptors (Lipinski definition) is 3. The van der Waals surface area contributed by atoms with E-state index in [4.69, 9.17) is 9.47 Å². The van der Waals surface area contributed by atoms with Crippen LogP contribution in [-0.4, -0.2) is 12.9 Å². The van der Waals surface area contributed by atoms with E-state index in [9.17, 15) is 4.79 Å². The molecule has 0 aromatic heterocycles. The maximum absolute atomic E-state index is 12.5. The van der Waals surface area contributed by atoms with Gasteiger partial charge in [0.15, 0.2) is 17.3 Å². The van der Waals surface area contributed by atoms with Crippen LogP contribution in [0.5, 0.6) is 17.2 Å². The van der Waals surface area contributed by atoms with Crippen molar-refractivity contribution in [2.45, 2.75) is 48.5 Å². The van der Waals surface area contributed by atoms with Gasteiger partial charge in [-0.2, -0.15) is 0 Å². The normalized spacial score (nSPS) is 8.80. The molecule has 30 heavy (non-hydrogen) atoms. The Labute approximate surface area is 182 Å². The number of ketones is 1. The van der Waals surface area contributed by atoms with Gasteiger partial charge in [-0.3, -0.25) is 4.79 Å². The number of rotatable bonds is 5. The lowest BCUT2D eigenvalue weighted by atomic mass is 10.0. The Bertz CT molecular complexity index is 835. The third-order valence-electron chi connectivity index (χ3n) is 3.73. The molecule has 0 amide bonds. The molecule has 0 saturated heterocycles. The smallest absolute Gasteiger partial charge is 0.193 e. The van der Waals surface area contributed by atoms with Gasteiger partial charge in [0.05, 0.1) is 7.11 Å². The highest BCUT2D eigenvalue weighted by Crippen LogP contribution is 2.31. The van der Waals surface area contributed by atoms with Crippen molar-refractivity contribution in [1.82, 2.24) is 0 Å². The molecule has 3 nitrogen and oxygen atoms in total. The van der Waals surface area contributed by atoms with Crippen molar-refractivity contribution >= 4 is 5.78 Å². The summed E-state index contributed by atoms with van der Waals surface area (Å²) in [6, 6.07) is 22.1. The Morgan fingerprint density at radius 1 is 0.633 bits per heavy atom. The van der Waals surface area contributed by atoms with Crippen LogP contribution in [0.3, 0.4) is 0 Å². The second-order valence-electron chi connectivity index (χ2n) is 5.47. The predicted molar refractivity (Wildman–Crippen MR) is 128 cm³/mol. The second kappa shape index (κ2) is 15.8. The summed E-state index contributed by atoms with van der Waals surface area (Å²) in [5.74, 6) is 1.95. The summed E-state index contributed by atoms with van der Waals surface area (Å²) >= 11 is 0. The first-order valence-electron chi connectivity index (χ1n) is 10.7. The molecule has 0 spiro atoms. The van der Waals surface area contributed by atoms with Crippen molar-refractivity contribution in [3.63, 3.8) is 0 Å². The predicted octanol–water partition coefficient (Wildman–Crippen LogP) is 8.11. The van der Waals surface area contributed by atoms with Gasteiger partial charge in [-0.1, -0.05) is 83.5 Å². The van der Waals surface area contributed by atoms with Crippen molar-refractivity contribution in [2.75, 3.05) is 7.11 Å². The maximum atomic E-state index is 12.5. The quantitative estimate of drug-likeness (QED) is 0.400. The number of aryl methyl sites for hydroxylation is 1. The highest BCUT2D eigenvalue weighted by molar-refractivity contribution is 6.09. The van der Waals surface area contributed by atoms with E-state index in [0.717, 1.165) is 5.56 Å². The monoisotopic (exact) mass is 408 g/mol. The van der Waals surface area contributed by atoms with E-state index >= 15 is 0 Å². The second-order valence-corrected chi connectivity index (χ2v) is 5.47. The number of para-hydroxylation sites is 2. The number of methoxy groups -OCH3 is 1. The summed E-state index contributed by atoms with van der Waals surface area (Å²) in [5, 5.41) is 0. The zero-order chi connectivity index (χ0) is 22.9. The van der Waals surface area contributed by atoms with E-state index in [1.165, 1.54) is 0 Å². The summed E-state index contributed by atoms with van der Waals surface area (Å²) in [6.07, 6.45) is 0. The van der Waals surface area contributed by atoms with E-state index in [1.807, 2.05) is 97.0 Å². The summed E-state index contributed by atoms with van der Waals surface area (Å²) < 4.78 is 11.1. The largest absolute Gasteiger partial charge is 0.493 e. The van der Waals surface area contributed by atoms with E-state index < -0.39 is 0 Å². The summed E-state index contributed by atoms with van der Waals surface area (Å²) in [5.41, 5.74) is 2.44. The van der Waals surface area contributed by atoms with Gasteiger partial charge in [0, 0.05) is 11.1 Å². The molecule has 0 fully saturated rings. The first-order valence-corrected chi connectivity index (χ1v) is 10.7. The first-order chi connectivity index (χ1) is 14.7.